The maximum atomic E-state index is 12.8. The third-order valence-corrected chi connectivity index (χ3v) is 11.2. The van der Waals surface area contributed by atoms with E-state index in [4.69, 9.17) is 14.2 Å². The SMILES string of the molecule is CC\C=C/C=C\C=C/C=C\C=C/CCCCCC(=O)OCC(COC(=O)CCCCCCCCC/C=C\CCCCCCCCCC)OC(=O)CCC/C=C\C/C=C\C/C=C\C/C=C\C/C=C\CC. The minimum absolute atomic E-state index is 0.121. The van der Waals surface area contributed by atoms with E-state index in [0.717, 1.165) is 89.9 Å². The van der Waals surface area contributed by atoms with E-state index in [2.05, 4.69) is 106 Å². The van der Waals surface area contributed by atoms with Crippen LogP contribution in [-0.4, -0.2) is 37.2 Å². The molecule has 0 aliphatic carbocycles. The van der Waals surface area contributed by atoms with Gasteiger partial charge in [0.1, 0.15) is 13.2 Å². The van der Waals surface area contributed by atoms with Crippen LogP contribution in [0.4, 0.5) is 0 Å². The molecule has 6 nitrogen and oxygen atoms in total. The van der Waals surface area contributed by atoms with E-state index >= 15 is 0 Å². The van der Waals surface area contributed by atoms with Crippen molar-refractivity contribution in [1.29, 1.82) is 0 Å². The molecule has 0 aromatic carbocycles. The smallest absolute Gasteiger partial charge is 0.306 e. The summed E-state index contributed by atoms with van der Waals surface area (Å²) in [5.74, 6) is -1.03. The summed E-state index contributed by atoms with van der Waals surface area (Å²) in [6.07, 6.45) is 78.7. The van der Waals surface area contributed by atoms with E-state index in [1.807, 2.05) is 48.6 Å². The fraction of sp³-hybridized carbons (Fsp3) is 0.603. The fourth-order valence-electron chi connectivity index (χ4n) is 7.14. The Morgan fingerprint density at radius 3 is 1.13 bits per heavy atom. The monoisotopic (exact) mass is 953 g/mol. The van der Waals surface area contributed by atoms with Crippen molar-refractivity contribution in [2.45, 2.75) is 232 Å². The van der Waals surface area contributed by atoms with E-state index in [0.29, 0.717) is 19.3 Å². The summed E-state index contributed by atoms with van der Waals surface area (Å²) in [4.78, 5) is 38.1. The Morgan fingerprint density at radius 2 is 0.652 bits per heavy atom. The number of hydrogen-bond acceptors (Lipinski definition) is 6. The number of carbonyl (C=O) groups excluding carboxylic acids is 3. The van der Waals surface area contributed by atoms with Gasteiger partial charge in [0.2, 0.25) is 0 Å². The van der Waals surface area contributed by atoms with Gasteiger partial charge >= 0.3 is 17.9 Å². The summed E-state index contributed by atoms with van der Waals surface area (Å²) in [7, 11) is 0. The lowest BCUT2D eigenvalue weighted by Gasteiger charge is -2.18. The lowest BCUT2D eigenvalue weighted by molar-refractivity contribution is -0.167. The summed E-state index contributed by atoms with van der Waals surface area (Å²) in [6, 6.07) is 0. The second kappa shape index (κ2) is 56.1. The fourth-order valence-corrected chi connectivity index (χ4v) is 7.14. The van der Waals surface area contributed by atoms with Gasteiger partial charge in [0, 0.05) is 19.3 Å². The molecule has 1 atom stereocenters. The lowest BCUT2D eigenvalue weighted by Crippen LogP contribution is -2.30. The molecule has 0 heterocycles. The van der Waals surface area contributed by atoms with Gasteiger partial charge in [-0.2, -0.15) is 0 Å². The topological polar surface area (TPSA) is 78.9 Å². The van der Waals surface area contributed by atoms with Gasteiger partial charge in [0.25, 0.3) is 0 Å². The van der Waals surface area contributed by atoms with Crippen LogP contribution in [0.3, 0.4) is 0 Å². The zero-order chi connectivity index (χ0) is 50.0. The first-order valence-electron chi connectivity index (χ1n) is 27.8. The summed E-state index contributed by atoms with van der Waals surface area (Å²) in [5, 5.41) is 0. The predicted molar refractivity (Wildman–Crippen MR) is 297 cm³/mol. The van der Waals surface area contributed by atoms with Crippen molar-refractivity contribution in [2.75, 3.05) is 13.2 Å². The highest BCUT2D eigenvalue weighted by Crippen LogP contribution is 2.13. The van der Waals surface area contributed by atoms with Crippen molar-refractivity contribution in [3.63, 3.8) is 0 Å². The van der Waals surface area contributed by atoms with Gasteiger partial charge in [0.15, 0.2) is 6.10 Å². The molecule has 0 N–H and O–H groups in total. The molecule has 0 aliphatic heterocycles. The molecule has 0 spiro atoms. The average molecular weight is 953 g/mol. The molecule has 0 aromatic heterocycles. The largest absolute Gasteiger partial charge is 0.462 e. The summed E-state index contributed by atoms with van der Waals surface area (Å²) in [6.45, 7) is 6.28. The van der Waals surface area contributed by atoms with E-state index < -0.39 is 6.10 Å². The quantitative estimate of drug-likeness (QED) is 0.0199. The van der Waals surface area contributed by atoms with Crippen LogP contribution in [0.2, 0.25) is 0 Å². The summed E-state index contributed by atoms with van der Waals surface area (Å²) >= 11 is 0. The molecule has 0 fully saturated rings. The Bertz CT molecular complexity index is 1510. The van der Waals surface area contributed by atoms with Crippen LogP contribution < -0.4 is 0 Å². The Balaban J connectivity index is 4.55. The number of esters is 3. The highest BCUT2D eigenvalue weighted by Gasteiger charge is 2.19. The van der Waals surface area contributed by atoms with Crippen LogP contribution in [-0.2, 0) is 28.6 Å². The minimum atomic E-state index is -0.832. The number of carbonyl (C=O) groups is 3. The Labute approximate surface area is 424 Å². The highest BCUT2D eigenvalue weighted by molar-refractivity contribution is 5.71. The van der Waals surface area contributed by atoms with Gasteiger partial charge in [-0.15, -0.1) is 0 Å². The van der Waals surface area contributed by atoms with E-state index in [1.54, 1.807) is 0 Å². The van der Waals surface area contributed by atoms with Crippen molar-refractivity contribution in [3.05, 3.63) is 134 Å². The molecule has 0 radical (unpaired) electrons. The molecule has 0 rings (SSSR count). The van der Waals surface area contributed by atoms with Crippen LogP contribution in [0.1, 0.15) is 226 Å². The maximum Gasteiger partial charge on any atom is 0.306 e. The molecule has 388 valence electrons. The van der Waals surface area contributed by atoms with Crippen molar-refractivity contribution in [1.82, 2.24) is 0 Å². The van der Waals surface area contributed by atoms with Crippen molar-refractivity contribution in [2.24, 2.45) is 0 Å². The molecular weight excluding hydrogens is 853 g/mol. The predicted octanol–water partition coefficient (Wildman–Crippen LogP) is 18.6. The molecule has 1 unspecified atom stereocenters. The number of hydrogen-bond donors (Lipinski definition) is 0. The molecule has 0 saturated carbocycles. The Morgan fingerprint density at radius 1 is 0.319 bits per heavy atom. The molecule has 6 heteroatoms. The first-order chi connectivity index (χ1) is 34.0. The second-order valence-electron chi connectivity index (χ2n) is 17.8. The van der Waals surface area contributed by atoms with E-state index in [-0.39, 0.29) is 37.5 Å². The third kappa shape index (κ3) is 54.4. The van der Waals surface area contributed by atoms with Crippen LogP contribution in [0, 0.1) is 0 Å². The molecule has 0 amide bonds. The third-order valence-electron chi connectivity index (χ3n) is 11.2. The van der Waals surface area contributed by atoms with Gasteiger partial charge in [-0.05, 0) is 103 Å². The number of unbranched alkanes of at least 4 members (excludes halogenated alkanes) is 19. The first kappa shape index (κ1) is 64.5. The van der Waals surface area contributed by atoms with Crippen LogP contribution in [0.15, 0.2) is 134 Å². The molecule has 0 aliphatic rings. The Kier molecular flexibility index (Phi) is 52.5. The average Bonchev–Trinajstić information content (AvgIpc) is 3.35. The first-order valence-corrected chi connectivity index (χ1v) is 27.8. The molecule has 69 heavy (non-hydrogen) atoms. The van der Waals surface area contributed by atoms with Crippen molar-refractivity contribution >= 4 is 17.9 Å². The maximum absolute atomic E-state index is 12.8. The zero-order valence-electron chi connectivity index (χ0n) is 44.3. The summed E-state index contributed by atoms with van der Waals surface area (Å²) < 4.78 is 16.8. The second-order valence-corrected chi connectivity index (χ2v) is 17.8. The number of allylic oxidation sites excluding steroid dienone is 22. The van der Waals surface area contributed by atoms with Crippen LogP contribution in [0.25, 0.3) is 0 Å². The van der Waals surface area contributed by atoms with Gasteiger partial charge in [-0.25, -0.2) is 0 Å². The van der Waals surface area contributed by atoms with E-state index in [1.165, 1.54) is 89.9 Å². The van der Waals surface area contributed by atoms with Gasteiger partial charge in [-0.1, -0.05) is 238 Å². The standard InChI is InChI=1S/C63H100O6/c1-4-7-10-13-16-19-22-25-28-30-31-33-35-38-41-44-47-50-53-56-62(65)68-59-60(58-67-61(64)55-52-49-46-43-40-37-34-27-24-21-18-15-12-9-6-3)69-63(66)57-54-51-48-45-42-39-36-32-29-26-23-20-17-14-11-8-5-2/h8-9,11-12,15,17-18,20-21,24,26-27,29-31,34,36-37,39-40,45,48,60H,4-7,10,13-14,16,19,22-23,25,28,32-33,35,38,41-44,46-47,49-59H2,1-3H3/b11-8-,12-9-,18-15-,20-17-,24-21-,29-26-,31-30-,34-27-,39-36-,40-37-,48-45-. The molecule has 0 bridgehead atoms. The minimum Gasteiger partial charge on any atom is -0.462 e. The number of ether oxygens (including phenoxy) is 3. The van der Waals surface area contributed by atoms with Gasteiger partial charge in [0.05, 0.1) is 0 Å². The molecule has 0 aromatic rings. The normalized spacial score (nSPS) is 13.1. The van der Waals surface area contributed by atoms with Crippen LogP contribution in [0.5, 0.6) is 0 Å². The number of rotatable bonds is 48. The molecule has 0 saturated heterocycles. The van der Waals surface area contributed by atoms with Crippen molar-refractivity contribution in [3.8, 4) is 0 Å². The molecular formula is C63H100O6. The Hall–Kier alpha value is -4.45. The van der Waals surface area contributed by atoms with Crippen molar-refractivity contribution < 1.29 is 28.6 Å². The lowest BCUT2D eigenvalue weighted by atomic mass is 10.1. The zero-order valence-corrected chi connectivity index (χ0v) is 44.3. The highest BCUT2D eigenvalue weighted by atomic mass is 16.6. The van der Waals surface area contributed by atoms with E-state index in [9.17, 15) is 14.4 Å². The summed E-state index contributed by atoms with van der Waals surface area (Å²) in [5.41, 5.74) is 0. The van der Waals surface area contributed by atoms with Crippen LogP contribution >= 0.6 is 0 Å². The van der Waals surface area contributed by atoms with Gasteiger partial charge in [-0.3, -0.25) is 14.4 Å². The van der Waals surface area contributed by atoms with Gasteiger partial charge < -0.3 is 14.2 Å².